The molecule has 0 aliphatic heterocycles. The number of rotatable bonds is 5. The lowest BCUT2D eigenvalue weighted by Crippen LogP contribution is -2.10. The van der Waals surface area contributed by atoms with Crippen molar-refractivity contribution in [3.8, 4) is 0 Å². The molecule has 1 heterocycles. The predicted octanol–water partition coefficient (Wildman–Crippen LogP) is 3.17. The Morgan fingerprint density at radius 1 is 1.38 bits per heavy atom. The van der Waals surface area contributed by atoms with E-state index < -0.39 is 9.84 Å². The van der Waals surface area contributed by atoms with Crippen molar-refractivity contribution in [2.24, 2.45) is 0 Å². The molecule has 1 atom stereocenters. The first kappa shape index (κ1) is 16.0. The normalized spacial score (nSPS) is 13.3. The van der Waals surface area contributed by atoms with Gasteiger partial charge in [-0.25, -0.2) is 8.42 Å². The zero-order valence-corrected chi connectivity index (χ0v) is 14.4. The fourth-order valence-corrected chi connectivity index (χ4v) is 3.88. The van der Waals surface area contributed by atoms with Gasteiger partial charge in [-0.3, -0.25) is 4.68 Å². The molecule has 2 aromatic rings. The monoisotopic (exact) mass is 371 g/mol. The number of halogens is 1. The van der Waals surface area contributed by atoms with Crippen molar-refractivity contribution >= 4 is 31.5 Å². The Morgan fingerprint density at radius 2 is 2.10 bits per heavy atom. The highest BCUT2D eigenvalue weighted by molar-refractivity contribution is 9.10. The van der Waals surface area contributed by atoms with Gasteiger partial charge in [0, 0.05) is 16.7 Å². The molecule has 1 unspecified atom stereocenters. The second-order valence-electron chi connectivity index (χ2n) is 4.99. The molecule has 0 aliphatic carbocycles. The van der Waals surface area contributed by atoms with Gasteiger partial charge in [0.2, 0.25) is 0 Å². The second kappa shape index (κ2) is 6.19. The first-order chi connectivity index (χ1) is 9.83. The van der Waals surface area contributed by atoms with Gasteiger partial charge < -0.3 is 5.73 Å². The van der Waals surface area contributed by atoms with Crippen molar-refractivity contribution in [3.05, 3.63) is 40.6 Å². The lowest BCUT2D eigenvalue weighted by atomic mass is 10.3. The average molecular weight is 372 g/mol. The van der Waals surface area contributed by atoms with Gasteiger partial charge in [-0.1, -0.05) is 22.9 Å². The summed E-state index contributed by atoms with van der Waals surface area (Å²) in [6, 6.07) is 6.80. The van der Waals surface area contributed by atoms with Gasteiger partial charge in [-0.05, 0) is 37.6 Å². The molecule has 0 fully saturated rings. The number of anilines is 1. The van der Waals surface area contributed by atoms with Crippen LogP contribution in [0.2, 0.25) is 0 Å². The molecule has 0 amide bonds. The molecule has 1 aromatic carbocycles. The van der Waals surface area contributed by atoms with Crippen LogP contribution in [-0.2, 0) is 15.6 Å². The largest absolute Gasteiger partial charge is 0.398 e. The number of nitrogens with two attached hydrogens (primary N) is 1. The van der Waals surface area contributed by atoms with Gasteiger partial charge >= 0.3 is 0 Å². The third-order valence-electron chi connectivity index (χ3n) is 3.35. The van der Waals surface area contributed by atoms with E-state index in [1.807, 2.05) is 13.1 Å². The van der Waals surface area contributed by atoms with Gasteiger partial charge in [0.15, 0.2) is 9.84 Å². The van der Waals surface area contributed by atoms with E-state index in [4.69, 9.17) is 5.73 Å². The maximum atomic E-state index is 12.5. The molecule has 0 radical (unpaired) electrons. The highest BCUT2D eigenvalue weighted by atomic mass is 79.9. The minimum Gasteiger partial charge on any atom is -0.398 e. The van der Waals surface area contributed by atoms with E-state index in [-0.39, 0.29) is 22.4 Å². The summed E-state index contributed by atoms with van der Waals surface area (Å²) in [5.41, 5.74) is 6.55. The summed E-state index contributed by atoms with van der Waals surface area (Å²) in [6.07, 6.45) is 2.75. The van der Waals surface area contributed by atoms with E-state index >= 15 is 0 Å². The third kappa shape index (κ3) is 3.65. The Bertz CT molecular complexity index is 740. The van der Waals surface area contributed by atoms with E-state index in [0.717, 1.165) is 6.42 Å². The summed E-state index contributed by atoms with van der Waals surface area (Å²) in [4.78, 5) is 0.134. The highest BCUT2D eigenvalue weighted by Gasteiger charge is 2.20. The zero-order chi connectivity index (χ0) is 15.6. The van der Waals surface area contributed by atoms with Gasteiger partial charge in [0.1, 0.15) is 0 Å². The standard InChI is InChI=1S/C14H18BrN3O2S/c1-3-10(2)18-7-6-12(17-18)9-21(19,20)14-8-11(15)4-5-13(14)16/h4-8,10H,3,9,16H2,1-2H3. The van der Waals surface area contributed by atoms with E-state index in [1.165, 1.54) is 6.07 Å². The van der Waals surface area contributed by atoms with Gasteiger partial charge in [0.25, 0.3) is 0 Å². The van der Waals surface area contributed by atoms with Crippen LogP contribution in [-0.4, -0.2) is 18.2 Å². The Kier molecular flexibility index (Phi) is 4.73. The van der Waals surface area contributed by atoms with Crippen LogP contribution in [0.1, 0.15) is 32.0 Å². The predicted molar refractivity (Wildman–Crippen MR) is 86.7 cm³/mol. The van der Waals surface area contributed by atoms with E-state index in [9.17, 15) is 8.42 Å². The first-order valence-electron chi connectivity index (χ1n) is 6.65. The summed E-state index contributed by atoms with van der Waals surface area (Å²) in [6.45, 7) is 4.10. The lowest BCUT2D eigenvalue weighted by molar-refractivity contribution is 0.475. The van der Waals surface area contributed by atoms with Crippen LogP contribution in [0, 0.1) is 0 Å². The summed E-state index contributed by atoms with van der Waals surface area (Å²) >= 11 is 3.27. The summed E-state index contributed by atoms with van der Waals surface area (Å²) in [7, 11) is -3.52. The van der Waals surface area contributed by atoms with Crippen molar-refractivity contribution in [1.82, 2.24) is 9.78 Å². The number of sulfone groups is 1. The number of hydrogen-bond acceptors (Lipinski definition) is 4. The molecule has 7 heteroatoms. The van der Waals surface area contributed by atoms with Crippen LogP contribution >= 0.6 is 15.9 Å². The summed E-state index contributed by atoms with van der Waals surface area (Å²) < 4.78 is 27.4. The zero-order valence-electron chi connectivity index (χ0n) is 12.0. The second-order valence-corrected chi connectivity index (χ2v) is 7.86. The summed E-state index contributed by atoms with van der Waals surface area (Å²) in [5, 5.41) is 4.33. The maximum Gasteiger partial charge on any atom is 0.186 e. The van der Waals surface area contributed by atoms with E-state index in [2.05, 4.69) is 28.0 Å². The molecule has 1 aromatic heterocycles. The number of hydrogen-bond donors (Lipinski definition) is 1. The first-order valence-corrected chi connectivity index (χ1v) is 9.10. The molecule has 0 saturated carbocycles. The molecule has 0 saturated heterocycles. The Balaban J connectivity index is 2.29. The van der Waals surface area contributed by atoms with Crippen LogP contribution in [0.15, 0.2) is 39.8 Å². The highest BCUT2D eigenvalue weighted by Crippen LogP contribution is 2.26. The molecule has 0 bridgehead atoms. The van der Waals surface area contributed by atoms with Crippen LogP contribution < -0.4 is 5.73 Å². The van der Waals surface area contributed by atoms with Crippen LogP contribution in [0.5, 0.6) is 0 Å². The van der Waals surface area contributed by atoms with Crippen LogP contribution in [0.3, 0.4) is 0 Å². The van der Waals surface area contributed by atoms with Crippen LogP contribution in [0.25, 0.3) is 0 Å². The molecule has 0 spiro atoms. The van der Waals surface area contributed by atoms with Crippen molar-refractivity contribution in [3.63, 3.8) is 0 Å². The SMILES string of the molecule is CCC(C)n1ccc(CS(=O)(=O)c2cc(Br)ccc2N)n1. The molecule has 0 aliphatic rings. The van der Waals surface area contributed by atoms with Crippen molar-refractivity contribution in [2.45, 2.75) is 37.0 Å². The topological polar surface area (TPSA) is 78.0 Å². The third-order valence-corrected chi connectivity index (χ3v) is 5.55. The molecular formula is C14H18BrN3O2S. The maximum absolute atomic E-state index is 12.5. The minimum atomic E-state index is -3.52. The van der Waals surface area contributed by atoms with Crippen molar-refractivity contribution in [2.75, 3.05) is 5.73 Å². The molecular weight excluding hydrogens is 354 g/mol. The lowest BCUT2D eigenvalue weighted by Gasteiger charge is -2.09. The number of nitrogens with zero attached hydrogens (tertiary/aromatic N) is 2. The van der Waals surface area contributed by atoms with Crippen LogP contribution in [0.4, 0.5) is 5.69 Å². The fraction of sp³-hybridized carbons (Fsp3) is 0.357. The molecule has 21 heavy (non-hydrogen) atoms. The average Bonchev–Trinajstić information content (AvgIpc) is 2.88. The summed E-state index contributed by atoms with van der Waals surface area (Å²) in [5.74, 6) is -0.156. The Morgan fingerprint density at radius 3 is 2.76 bits per heavy atom. The molecule has 114 valence electrons. The molecule has 5 nitrogen and oxygen atoms in total. The van der Waals surface area contributed by atoms with Crippen molar-refractivity contribution in [1.29, 1.82) is 0 Å². The molecule has 2 rings (SSSR count). The van der Waals surface area contributed by atoms with Crippen molar-refractivity contribution < 1.29 is 8.42 Å². The van der Waals surface area contributed by atoms with E-state index in [0.29, 0.717) is 10.2 Å². The van der Waals surface area contributed by atoms with Gasteiger partial charge in [-0.2, -0.15) is 5.10 Å². The smallest absolute Gasteiger partial charge is 0.186 e. The van der Waals surface area contributed by atoms with E-state index in [1.54, 1.807) is 22.9 Å². The van der Waals surface area contributed by atoms with Gasteiger partial charge in [0.05, 0.1) is 22.0 Å². The fourth-order valence-electron chi connectivity index (χ4n) is 1.94. The minimum absolute atomic E-state index is 0.134. The Labute approximate surface area is 133 Å². The Hall–Kier alpha value is -1.34. The number of aromatic nitrogens is 2. The molecule has 2 N–H and O–H groups in total. The number of benzene rings is 1. The van der Waals surface area contributed by atoms with Gasteiger partial charge in [-0.15, -0.1) is 0 Å². The quantitative estimate of drug-likeness (QED) is 0.818. The number of nitrogen functional groups attached to an aromatic ring is 1.